The Hall–Kier alpha value is -2.89. The minimum absolute atomic E-state index is 0.103. The van der Waals surface area contributed by atoms with Crippen molar-refractivity contribution in [1.29, 1.82) is 0 Å². The molecule has 2 rings (SSSR count). The Kier molecular flexibility index (Phi) is 4.50. The Morgan fingerprint density at radius 3 is 2.57 bits per heavy atom. The molecule has 2 aromatic carbocycles. The quantitative estimate of drug-likeness (QED) is 0.349. The van der Waals surface area contributed by atoms with Gasteiger partial charge in [-0.2, -0.15) is 0 Å². The fourth-order valence-corrected chi connectivity index (χ4v) is 1.78. The number of hydrogen-bond donors (Lipinski definition) is 3. The van der Waals surface area contributed by atoms with Crippen LogP contribution < -0.4 is 11.1 Å². The molecule has 0 aliphatic carbocycles. The van der Waals surface area contributed by atoms with Crippen LogP contribution in [0.2, 0.25) is 0 Å². The van der Waals surface area contributed by atoms with E-state index in [0.717, 1.165) is 5.56 Å². The van der Waals surface area contributed by atoms with E-state index in [1.54, 1.807) is 24.3 Å². The summed E-state index contributed by atoms with van der Waals surface area (Å²) in [6, 6.07) is 12.3. The number of carbonyl (C=O) groups is 1. The van der Waals surface area contributed by atoms with E-state index in [2.05, 4.69) is 10.5 Å². The molecule has 0 heterocycles. The van der Waals surface area contributed by atoms with Gasteiger partial charge in [-0.05, 0) is 35.9 Å². The number of benzene rings is 2. The number of anilines is 1. The zero-order chi connectivity index (χ0) is 15.2. The van der Waals surface area contributed by atoms with Gasteiger partial charge in [0, 0.05) is 17.7 Å². The second-order valence-electron chi connectivity index (χ2n) is 4.43. The van der Waals surface area contributed by atoms with Crippen LogP contribution in [0.25, 0.3) is 0 Å². The van der Waals surface area contributed by atoms with E-state index in [4.69, 9.17) is 10.9 Å². The standard InChI is InChI=1S/C15H14FN3O2/c16-12-3-1-2-11(9-12)15(20)18-13-6-4-10(5-7-13)8-14(17)19-21/h1-7,9,21H,8H2,(H2,17,19)(H,18,20). The average Bonchev–Trinajstić information content (AvgIpc) is 2.49. The minimum atomic E-state index is -0.461. The van der Waals surface area contributed by atoms with Crippen LogP contribution in [0.5, 0.6) is 0 Å². The molecule has 1 amide bonds. The first-order valence-corrected chi connectivity index (χ1v) is 6.21. The number of amides is 1. The molecule has 0 saturated carbocycles. The third-order valence-corrected chi connectivity index (χ3v) is 2.81. The van der Waals surface area contributed by atoms with Crippen molar-refractivity contribution in [1.82, 2.24) is 0 Å². The molecule has 21 heavy (non-hydrogen) atoms. The van der Waals surface area contributed by atoms with Gasteiger partial charge in [0.05, 0.1) is 0 Å². The van der Waals surface area contributed by atoms with Crippen molar-refractivity contribution in [3.05, 3.63) is 65.5 Å². The van der Waals surface area contributed by atoms with Gasteiger partial charge in [-0.1, -0.05) is 23.4 Å². The Morgan fingerprint density at radius 1 is 1.24 bits per heavy atom. The van der Waals surface area contributed by atoms with E-state index in [1.165, 1.54) is 24.3 Å². The molecule has 2 aromatic rings. The van der Waals surface area contributed by atoms with Crippen LogP contribution in [-0.2, 0) is 6.42 Å². The van der Waals surface area contributed by atoms with Gasteiger partial charge in [0.2, 0.25) is 0 Å². The van der Waals surface area contributed by atoms with Gasteiger partial charge in [0.15, 0.2) is 0 Å². The summed E-state index contributed by atoms with van der Waals surface area (Å²) in [4.78, 5) is 11.9. The second-order valence-corrected chi connectivity index (χ2v) is 4.43. The molecule has 5 nitrogen and oxygen atoms in total. The van der Waals surface area contributed by atoms with Crippen LogP contribution >= 0.6 is 0 Å². The molecule has 0 unspecified atom stereocenters. The van der Waals surface area contributed by atoms with Gasteiger partial charge in [0.1, 0.15) is 11.7 Å². The van der Waals surface area contributed by atoms with Crippen LogP contribution in [0.4, 0.5) is 10.1 Å². The van der Waals surface area contributed by atoms with Gasteiger partial charge in [-0.15, -0.1) is 0 Å². The fraction of sp³-hybridized carbons (Fsp3) is 0.0667. The summed E-state index contributed by atoms with van der Waals surface area (Å²) in [5.74, 6) is -0.748. The molecule has 0 fully saturated rings. The van der Waals surface area contributed by atoms with Gasteiger partial charge in [0.25, 0.3) is 5.91 Å². The average molecular weight is 287 g/mol. The molecule has 0 aliphatic rings. The lowest BCUT2D eigenvalue weighted by atomic mass is 10.1. The molecule has 0 radical (unpaired) electrons. The van der Waals surface area contributed by atoms with Crippen molar-refractivity contribution in [3.63, 3.8) is 0 Å². The van der Waals surface area contributed by atoms with Gasteiger partial charge < -0.3 is 16.3 Å². The van der Waals surface area contributed by atoms with Crippen LogP contribution in [-0.4, -0.2) is 17.0 Å². The van der Waals surface area contributed by atoms with Crippen molar-refractivity contribution >= 4 is 17.4 Å². The highest BCUT2D eigenvalue weighted by atomic mass is 19.1. The molecule has 0 aromatic heterocycles. The van der Waals surface area contributed by atoms with E-state index in [0.29, 0.717) is 12.1 Å². The molecule has 0 atom stereocenters. The number of nitrogens with one attached hydrogen (secondary N) is 1. The number of halogens is 1. The van der Waals surface area contributed by atoms with E-state index in [1.807, 2.05) is 0 Å². The predicted octanol–water partition coefficient (Wildman–Crippen LogP) is 2.37. The van der Waals surface area contributed by atoms with Crippen LogP contribution in [0, 0.1) is 5.82 Å². The van der Waals surface area contributed by atoms with Crippen molar-refractivity contribution in [2.24, 2.45) is 10.9 Å². The third-order valence-electron chi connectivity index (χ3n) is 2.81. The summed E-state index contributed by atoms with van der Waals surface area (Å²) in [7, 11) is 0. The SMILES string of the molecule is NC(Cc1ccc(NC(=O)c2cccc(F)c2)cc1)=NO. The predicted molar refractivity (Wildman–Crippen MR) is 77.9 cm³/mol. The van der Waals surface area contributed by atoms with E-state index in [9.17, 15) is 9.18 Å². The molecule has 108 valence electrons. The number of nitrogens with zero attached hydrogens (tertiary/aromatic N) is 1. The summed E-state index contributed by atoms with van der Waals surface area (Å²) in [5, 5.41) is 14.0. The van der Waals surface area contributed by atoms with Gasteiger partial charge in [-0.25, -0.2) is 4.39 Å². The first-order chi connectivity index (χ1) is 10.1. The zero-order valence-corrected chi connectivity index (χ0v) is 11.1. The number of amidine groups is 1. The number of hydrogen-bond acceptors (Lipinski definition) is 3. The molecule has 0 spiro atoms. The second kappa shape index (κ2) is 6.51. The maximum Gasteiger partial charge on any atom is 0.255 e. The number of oxime groups is 1. The molecule has 0 saturated heterocycles. The Balaban J connectivity index is 2.05. The highest BCUT2D eigenvalue weighted by molar-refractivity contribution is 6.04. The highest BCUT2D eigenvalue weighted by Gasteiger charge is 2.07. The van der Waals surface area contributed by atoms with E-state index >= 15 is 0 Å². The monoisotopic (exact) mass is 287 g/mol. The zero-order valence-electron chi connectivity index (χ0n) is 11.1. The lowest BCUT2D eigenvalue weighted by molar-refractivity contribution is 0.102. The summed E-state index contributed by atoms with van der Waals surface area (Å²) in [6.45, 7) is 0. The maximum absolute atomic E-state index is 13.1. The summed E-state index contributed by atoms with van der Waals surface area (Å²) < 4.78 is 13.1. The smallest absolute Gasteiger partial charge is 0.255 e. The van der Waals surface area contributed by atoms with Gasteiger partial charge in [-0.3, -0.25) is 4.79 Å². The van der Waals surface area contributed by atoms with E-state index < -0.39 is 11.7 Å². The van der Waals surface area contributed by atoms with Crippen molar-refractivity contribution in [3.8, 4) is 0 Å². The molecule has 6 heteroatoms. The highest BCUT2D eigenvalue weighted by Crippen LogP contribution is 2.12. The van der Waals surface area contributed by atoms with Crippen LogP contribution in [0.15, 0.2) is 53.7 Å². The minimum Gasteiger partial charge on any atom is -0.409 e. The van der Waals surface area contributed by atoms with E-state index in [-0.39, 0.29) is 11.4 Å². The Bertz CT molecular complexity index is 669. The van der Waals surface area contributed by atoms with Crippen molar-refractivity contribution in [2.75, 3.05) is 5.32 Å². The normalized spacial score (nSPS) is 11.2. The van der Waals surface area contributed by atoms with Crippen molar-refractivity contribution in [2.45, 2.75) is 6.42 Å². The van der Waals surface area contributed by atoms with Gasteiger partial charge >= 0.3 is 0 Å². The maximum atomic E-state index is 13.1. The molecular formula is C15H14FN3O2. The summed E-state index contributed by atoms with van der Waals surface area (Å²) in [6.07, 6.45) is 0.314. The number of carbonyl (C=O) groups excluding carboxylic acids is 1. The lowest BCUT2D eigenvalue weighted by Gasteiger charge is -2.06. The first-order valence-electron chi connectivity index (χ1n) is 6.21. The number of nitrogens with two attached hydrogens (primary N) is 1. The first kappa shape index (κ1) is 14.5. The van der Waals surface area contributed by atoms with Crippen LogP contribution in [0.3, 0.4) is 0 Å². The Labute approximate surface area is 120 Å². The molecule has 4 N–H and O–H groups in total. The molecule has 0 aliphatic heterocycles. The lowest BCUT2D eigenvalue weighted by Crippen LogP contribution is -2.15. The largest absolute Gasteiger partial charge is 0.409 e. The third kappa shape index (κ3) is 4.04. The topological polar surface area (TPSA) is 87.7 Å². The summed E-state index contributed by atoms with van der Waals surface area (Å²) in [5.41, 5.74) is 7.07. The Morgan fingerprint density at radius 2 is 1.95 bits per heavy atom. The van der Waals surface area contributed by atoms with Crippen LogP contribution in [0.1, 0.15) is 15.9 Å². The molecular weight excluding hydrogens is 273 g/mol. The summed E-state index contributed by atoms with van der Waals surface area (Å²) >= 11 is 0. The molecule has 0 bridgehead atoms. The number of rotatable bonds is 4. The van der Waals surface area contributed by atoms with Crippen molar-refractivity contribution < 1.29 is 14.4 Å². The fourth-order valence-electron chi connectivity index (χ4n) is 1.78.